The molecule has 104 valence electrons. The normalized spacial score (nSPS) is 13.0. The quantitative estimate of drug-likeness (QED) is 0.675. The van der Waals surface area contributed by atoms with Gasteiger partial charge in [0.15, 0.2) is 0 Å². The minimum absolute atomic E-state index is 0.0992. The molecule has 1 nitrogen and oxygen atoms in total. The maximum Gasteiger partial charge on any atom is 0.123 e. The second kappa shape index (κ2) is 7.01. The van der Waals surface area contributed by atoms with Crippen molar-refractivity contribution in [1.29, 1.82) is 0 Å². The summed E-state index contributed by atoms with van der Waals surface area (Å²) < 4.78 is 14.3. The van der Waals surface area contributed by atoms with Crippen molar-refractivity contribution >= 4 is 21.4 Å². The summed E-state index contributed by atoms with van der Waals surface area (Å²) in [6, 6.07) is 7.08. The average Bonchev–Trinajstić information content (AvgIpc) is 2.81. The largest absolute Gasteiger partial charge is 0.323 e. The van der Waals surface area contributed by atoms with Gasteiger partial charge in [0.2, 0.25) is 0 Å². The van der Waals surface area contributed by atoms with E-state index in [1.807, 2.05) is 12.1 Å². The molecule has 1 unspecified atom stereocenters. The molecule has 0 amide bonds. The molecule has 0 aliphatic heterocycles. The van der Waals surface area contributed by atoms with E-state index in [2.05, 4.69) is 6.92 Å². The molecule has 0 radical (unpaired) electrons. The fourth-order valence-corrected chi connectivity index (χ4v) is 3.41. The summed E-state index contributed by atoms with van der Waals surface area (Å²) in [6.07, 6.45) is 7.37. The van der Waals surface area contributed by atoms with Gasteiger partial charge in [-0.3, -0.25) is 0 Å². The van der Waals surface area contributed by atoms with E-state index in [1.54, 1.807) is 17.4 Å². The molecular formula is C16H22FNS. The fourth-order valence-electron chi connectivity index (χ4n) is 2.33. The maximum absolute atomic E-state index is 13.1. The predicted molar refractivity (Wildman–Crippen MR) is 82.1 cm³/mol. The van der Waals surface area contributed by atoms with E-state index in [1.165, 1.54) is 43.0 Å². The standard InChI is InChI=1S/C16H22FNS/c1-2-3-4-5-6-7-14(18)16-11-12-10-13(17)8-9-15(12)19-16/h8-11,14H,2-7,18H2,1H3. The van der Waals surface area contributed by atoms with Crippen LogP contribution in [0.1, 0.15) is 56.4 Å². The number of rotatable bonds is 7. The highest BCUT2D eigenvalue weighted by Crippen LogP contribution is 2.31. The first-order valence-electron chi connectivity index (χ1n) is 7.15. The summed E-state index contributed by atoms with van der Waals surface area (Å²) in [5, 5.41) is 0.974. The van der Waals surface area contributed by atoms with Crippen LogP contribution in [0.15, 0.2) is 24.3 Å². The minimum atomic E-state index is -0.176. The molecule has 0 aliphatic rings. The number of hydrogen-bond acceptors (Lipinski definition) is 2. The summed E-state index contributed by atoms with van der Waals surface area (Å²) in [5.74, 6) is -0.176. The Morgan fingerprint density at radius 1 is 1.16 bits per heavy atom. The molecular weight excluding hydrogens is 257 g/mol. The highest BCUT2D eigenvalue weighted by Gasteiger charge is 2.10. The zero-order chi connectivity index (χ0) is 13.7. The van der Waals surface area contributed by atoms with Gasteiger partial charge in [0.25, 0.3) is 0 Å². The van der Waals surface area contributed by atoms with Crippen LogP contribution in [0.3, 0.4) is 0 Å². The Labute approximate surface area is 118 Å². The smallest absolute Gasteiger partial charge is 0.123 e. The zero-order valence-electron chi connectivity index (χ0n) is 11.5. The van der Waals surface area contributed by atoms with E-state index in [4.69, 9.17) is 5.73 Å². The van der Waals surface area contributed by atoms with E-state index >= 15 is 0 Å². The number of benzene rings is 1. The Bertz CT molecular complexity index is 520. The lowest BCUT2D eigenvalue weighted by Crippen LogP contribution is -2.08. The molecule has 0 spiro atoms. The van der Waals surface area contributed by atoms with Crippen LogP contribution >= 0.6 is 11.3 Å². The fraction of sp³-hybridized carbons (Fsp3) is 0.500. The number of thiophene rings is 1. The van der Waals surface area contributed by atoms with Crippen molar-refractivity contribution in [3.63, 3.8) is 0 Å². The van der Waals surface area contributed by atoms with Crippen molar-refractivity contribution in [2.75, 3.05) is 0 Å². The summed E-state index contributed by atoms with van der Waals surface area (Å²) in [4.78, 5) is 1.18. The summed E-state index contributed by atoms with van der Waals surface area (Å²) in [6.45, 7) is 2.22. The van der Waals surface area contributed by atoms with Crippen molar-refractivity contribution in [3.8, 4) is 0 Å². The Morgan fingerprint density at radius 2 is 1.95 bits per heavy atom. The van der Waals surface area contributed by atoms with Crippen LogP contribution in [0.5, 0.6) is 0 Å². The van der Waals surface area contributed by atoms with Crippen LogP contribution in [0.25, 0.3) is 10.1 Å². The minimum Gasteiger partial charge on any atom is -0.323 e. The van der Waals surface area contributed by atoms with E-state index in [9.17, 15) is 4.39 Å². The highest BCUT2D eigenvalue weighted by atomic mass is 32.1. The molecule has 1 heterocycles. The van der Waals surface area contributed by atoms with Gasteiger partial charge in [-0.25, -0.2) is 4.39 Å². The Kier molecular flexibility index (Phi) is 5.34. The highest BCUT2D eigenvalue weighted by molar-refractivity contribution is 7.19. The monoisotopic (exact) mass is 279 g/mol. The first kappa shape index (κ1) is 14.5. The van der Waals surface area contributed by atoms with Crippen molar-refractivity contribution in [3.05, 3.63) is 35.0 Å². The summed E-state index contributed by atoms with van der Waals surface area (Å²) in [7, 11) is 0. The SMILES string of the molecule is CCCCCCCC(N)c1cc2cc(F)ccc2s1. The third kappa shape index (κ3) is 4.02. The first-order chi connectivity index (χ1) is 9.20. The molecule has 19 heavy (non-hydrogen) atoms. The average molecular weight is 279 g/mol. The van der Waals surface area contributed by atoms with Gasteiger partial charge in [-0.15, -0.1) is 11.3 Å². The maximum atomic E-state index is 13.1. The molecule has 2 N–H and O–H groups in total. The van der Waals surface area contributed by atoms with Crippen LogP contribution in [0.2, 0.25) is 0 Å². The second-order valence-corrected chi connectivity index (χ2v) is 6.26. The van der Waals surface area contributed by atoms with Crippen molar-refractivity contribution in [2.45, 2.75) is 51.5 Å². The molecule has 0 fully saturated rings. The summed E-state index contributed by atoms with van der Waals surface area (Å²) >= 11 is 1.69. The van der Waals surface area contributed by atoms with E-state index in [0.29, 0.717) is 0 Å². The van der Waals surface area contributed by atoms with Gasteiger partial charge in [-0.2, -0.15) is 0 Å². The van der Waals surface area contributed by atoms with Gasteiger partial charge in [0.05, 0.1) is 0 Å². The topological polar surface area (TPSA) is 26.0 Å². The van der Waals surface area contributed by atoms with Crippen LogP contribution in [0, 0.1) is 5.82 Å². The molecule has 0 saturated carbocycles. The van der Waals surface area contributed by atoms with Crippen molar-refractivity contribution < 1.29 is 4.39 Å². The molecule has 0 saturated heterocycles. The van der Waals surface area contributed by atoms with Crippen LogP contribution in [-0.4, -0.2) is 0 Å². The second-order valence-electron chi connectivity index (χ2n) is 5.14. The van der Waals surface area contributed by atoms with E-state index < -0.39 is 0 Å². The van der Waals surface area contributed by atoms with E-state index in [-0.39, 0.29) is 11.9 Å². The van der Waals surface area contributed by atoms with Gasteiger partial charge in [0.1, 0.15) is 5.82 Å². The molecule has 1 aromatic carbocycles. The Balaban J connectivity index is 1.91. The van der Waals surface area contributed by atoms with Gasteiger partial charge < -0.3 is 5.73 Å². The molecule has 2 rings (SSSR count). The molecule has 2 aromatic rings. The van der Waals surface area contributed by atoms with Crippen molar-refractivity contribution in [1.82, 2.24) is 0 Å². The lowest BCUT2D eigenvalue weighted by molar-refractivity contribution is 0.560. The number of halogens is 1. The predicted octanol–water partition coefficient (Wildman–Crippen LogP) is 5.40. The van der Waals surface area contributed by atoms with Gasteiger partial charge in [-0.05, 0) is 36.1 Å². The molecule has 0 bridgehead atoms. The van der Waals surface area contributed by atoms with Crippen LogP contribution < -0.4 is 5.73 Å². The van der Waals surface area contributed by atoms with Gasteiger partial charge >= 0.3 is 0 Å². The number of hydrogen-bond donors (Lipinski definition) is 1. The molecule has 1 aromatic heterocycles. The lowest BCUT2D eigenvalue weighted by atomic mass is 10.1. The van der Waals surface area contributed by atoms with Crippen LogP contribution in [0.4, 0.5) is 4.39 Å². The first-order valence-corrected chi connectivity index (χ1v) is 7.97. The molecule has 1 atom stereocenters. The van der Waals surface area contributed by atoms with Crippen molar-refractivity contribution in [2.24, 2.45) is 5.73 Å². The lowest BCUT2D eigenvalue weighted by Gasteiger charge is -2.08. The van der Waals surface area contributed by atoms with Crippen LogP contribution in [-0.2, 0) is 0 Å². The summed E-state index contributed by atoms with van der Waals surface area (Å²) in [5.41, 5.74) is 6.23. The van der Waals surface area contributed by atoms with E-state index in [0.717, 1.165) is 16.5 Å². The number of fused-ring (bicyclic) bond motifs is 1. The Hall–Kier alpha value is -0.930. The molecule has 0 aliphatic carbocycles. The number of unbranched alkanes of at least 4 members (excludes halogenated alkanes) is 4. The third-order valence-corrected chi connectivity index (χ3v) is 4.73. The number of nitrogens with two attached hydrogens (primary N) is 1. The molecule has 3 heteroatoms. The third-order valence-electron chi connectivity index (χ3n) is 3.48. The van der Waals surface area contributed by atoms with Gasteiger partial charge in [-0.1, -0.05) is 39.0 Å². The zero-order valence-corrected chi connectivity index (χ0v) is 12.3. The van der Waals surface area contributed by atoms with Gasteiger partial charge in [0, 0.05) is 15.6 Å². The Morgan fingerprint density at radius 3 is 2.74 bits per heavy atom.